The zero-order chi connectivity index (χ0) is 6.53. The quantitative estimate of drug-likeness (QED) is 0.523. The fraction of sp³-hybridized carbons (Fsp3) is 0.571. The maximum absolute atomic E-state index is 5.10. The highest BCUT2D eigenvalue weighted by molar-refractivity contribution is 4.75. The van der Waals surface area contributed by atoms with E-state index in [0.717, 1.165) is 19.4 Å². The van der Waals surface area contributed by atoms with Gasteiger partial charge in [0.15, 0.2) is 0 Å². The molecule has 1 aliphatic heterocycles. The lowest BCUT2D eigenvalue weighted by atomic mass is 10.2. The van der Waals surface area contributed by atoms with Crippen LogP contribution in [0.3, 0.4) is 0 Å². The normalized spacial score (nSPS) is 27.8. The predicted octanol–water partition coefficient (Wildman–Crippen LogP) is 1.49. The Balaban J connectivity index is 2.15. The van der Waals surface area contributed by atoms with E-state index < -0.39 is 0 Å². The molecule has 1 rings (SSSR count). The molecule has 1 atom stereocenters. The van der Waals surface area contributed by atoms with Crippen LogP contribution in [-0.2, 0) is 9.47 Å². The smallest absolute Gasteiger partial charge is 0.209 e. The van der Waals surface area contributed by atoms with Crippen molar-refractivity contribution in [3.63, 3.8) is 0 Å². The fourth-order valence-corrected chi connectivity index (χ4v) is 0.793. The van der Waals surface area contributed by atoms with Crippen LogP contribution in [0.5, 0.6) is 0 Å². The SMILES string of the molecule is C=CCC1CCO[CH]O1. The van der Waals surface area contributed by atoms with Crippen molar-refractivity contribution >= 4 is 0 Å². The summed E-state index contributed by atoms with van der Waals surface area (Å²) in [4.78, 5) is 0. The van der Waals surface area contributed by atoms with Crippen molar-refractivity contribution in [2.75, 3.05) is 6.61 Å². The lowest BCUT2D eigenvalue weighted by Gasteiger charge is -2.20. The molecule has 0 aromatic heterocycles. The van der Waals surface area contributed by atoms with Crippen LogP contribution >= 0.6 is 0 Å². The summed E-state index contributed by atoms with van der Waals surface area (Å²) in [7, 11) is 0. The van der Waals surface area contributed by atoms with Crippen LogP contribution in [-0.4, -0.2) is 12.7 Å². The maximum Gasteiger partial charge on any atom is 0.209 e. The number of hydrogen-bond donors (Lipinski definition) is 0. The minimum atomic E-state index is 0.302. The van der Waals surface area contributed by atoms with Crippen molar-refractivity contribution in [3.8, 4) is 0 Å². The third kappa shape index (κ3) is 2.16. The third-order valence-corrected chi connectivity index (χ3v) is 1.30. The molecular formula is C7H11O2. The molecule has 0 bridgehead atoms. The Morgan fingerprint density at radius 1 is 1.78 bits per heavy atom. The molecule has 0 saturated carbocycles. The van der Waals surface area contributed by atoms with Gasteiger partial charge in [0.05, 0.1) is 12.7 Å². The molecule has 0 spiro atoms. The van der Waals surface area contributed by atoms with Crippen LogP contribution in [0.15, 0.2) is 12.7 Å². The van der Waals surface area contributed by atoms with Gasteiger partial charge in [-0.15, -0.1) is 6.58 Å². The maximum atomic E-state index is 5.10. The topological polar surface area (TPSA) is 18.5 Å². The summed E-state index contributed by atoms with van der Waals surface area (Å²) in [5.74, 6) is 0. The Hall–Kier alpha value is -0.340. The number of rotatable bonds is 2. The lowest BCUT2D eigenvalue weighted by Crippen LogP contribution is -2.19. The van der Waals surface area contributed by atoms with E-state index in [2.05, 4.69) is 6.58 Å². The lowest BCUT2D eigenvalue weighted by molar-refractivity contribution is -0.0743. The second-order valence-electron chi connectivity index (χ2n) is 2.04. The van der Waals surface area contributed by atoms with Crippen LogP contribution < -0.4 is 0 Å². The van der Waals surface area contributed by atoms with E-state index in [1.807, 2.05) is 6.08 Å². The Labute approximate surface area is 55.5 Å². The molecule has 0 aromatic rings. The van der Waals surface area contributed by atoms with Gasteiger partial charge in [0.1, 0.15) is 0 Å². The molecule has 1 unspecified atom stereocenters. The minimum absolute atomic E-state index is 0.302. The van der Waals surface area contributed by atoms with Gasteiger partial charge < -0.3 is 9.47 Å². The Morgan fingerprint density at radius 2 is 2.67 bits per heavy atom. The van der Waals surface area contributed by atoms with Crippen molar-refractivity contribution in [3.05, 3.63) is 19.4 Å². The summed E-state index contributed by atoms with van der Waals surface area (Å²) in [6, 6.07) is 0. The van der Waals surface area contributed by atoms with Gasteiger partial charge in [0.25, 0.3) is 0 Å². The van der Waals surface area contributed by atoms with Crippen LogP contribution in [0.25, 0.3) is 0 Å². The summed E-state index contributed by atoms with van der Waals surface area (Å²) < 4.78 is 9.96. The van der Waals surface area contributed by atoms with E-state index in [0.29, 0.717) is 6.10 Å². The summed E-state index contributed by atoms with van der Waals surface area (Å²) in [6.07, 6.45) is 4.06. The van der Waals surface area contributed by atoms with E-state index in [1.165, 1.54) is 6.79 Å². The minimum Gasteiger partial charge on any atom is -0.348 e. The molecule has 0 N–H and O–H groups in total. The highest BCUT2D eigenvalue weighted by atomic mass is 16.7. The molecule has 2 nitrogen and oxygen atoms in total. The van der Waals surface area contributed by atoms with Crippen molar-refractivity contribution < 1.29 is 9.47 Å². The molecule has 2 heteroatoms. The highest BCUT2D eigenvalue weighted by Gasteiger charge is 2.11. The van der Waals surface area contributed by atoms with E-state index in [9.17, 15) is 0 Å². The van der Waals surface area contributed by atoms with Gasteiger partial charge >= 0.3 is 0 Å². The van der Waals surface area contributed by atoms with Gasteiger partial charge in [-0.3, -0.25) is 0 Å². The third-order valence-electron chi connectivity index (χ3n) is 1.30. The molecule has 51 valence electrons. The van der Waals surface area contributed by atoms with E-state index in [1.54, 1.807) is 0 Å². The number of hydrogen-bond acceptors (Lipinski definition) is 2. The standard InChI is InChI=1S/C7H11O2/c1-2-3-7-4-5-8-6-9-7/h2,6-7H,1,3-5H2. The van der Waals surface area contributed by atoms with Crippen LogP contribution in [0, 0.1) is 6.79 Å². The van der Waals surface area contributed by atoms with Crippen molar-refractivity contribution in [2.24, 2.45) is 0 Å². The summed E-state index contributed by atoms with van der Waals surface area (Å²) >= 11 is 0. The van der Waals surface area contributed by atoms with Crippen LogP contribution in [0.1, 0.15) is 12.8 Å². The Bertz CT molecular complexity index is 84.9. The average molecular weight is 127 g/mol. The Kier molecular flexibility index (Phi) is 2.74. The van der Waals surface area contributed by atoms with Crippen molar-refractivity contribution in [1.82, 2.24) is 0 Å². The zero-order valence-electron chi connectivity index (χ0n) is 5.38. The van der Waals surface area contributed by atoms with Gasteiger partial charge in [-0.1, -0.05) is 6.08 Å². The molecule has 1 aliphatic rings. The largest absolute Gasteiger partial charge is 0.348 e. The molecular weight excluding hydrogens is 116 g/mol. The second kappa shape index (κ2) is 3.64. The zero-order valence-corrected chi connectivity index (χ0v) is 5.38. The molecule has 0 amide bonds. The molecule has 1 radical (unpaired) electrons. The highest BCUT2D eigenvalue weighted by Crippen LogP contribution is 2.11. The molecule has 0 aromatic carbocycles. The van der Waals surface area contributed by atoms with E-state index >= 15 is 0 Å². The summed E-state index contributed by atoms with van der Waals surface area (Å²) in [5.41, 5.74) is 0. The first kappa shape index (κ1) is 6.78. The first-order valence-corrected chi connectivity index (χ1v) is 3.13. The monoisotopic (exact) mass is 127 g/mol. The summed E-state index contributed by atoms with van der Waals surface area (Å²) in [5, 5.41) is 0. The average Bonchev–Trinajstić information content (AvgIpc) is 1.91. The molecule has 1 saturated heterocycles. The van der Waals surface area contributed by atoms with Crippen LogP contribution in [0.2, 0.25) is 0 Å². The van der Waals surface area contributed by atoms with Gasteiger partial charge in [-0.25, -0.2) is 0 Å². The van der Waals surface area contributed by atoms with Gasteiger partial charge in [0, 0.05) is 0 Å². The van der Waals surface area contributed by atoms with E-state index in [4.69, 9.17) is 9.47 Å². The first-order chi connectivity index (χ1) is 4.43. The first-order valence-electron chi connectivity index (χ1n) is 3.13. The second-order valence-corrected chi connectivity index (χ2v) is 2.04. The van der Waals surface area contributed by atoms with Gasteiger partial charge in [-0.2, -0.15) is 0 Å². The Morgan fingerprint density at radius 3 is 3.22 bits per heavy atom. The predicted molar refractivity (Wildman–Crippen MR) is 34.6 cm³/mol. The number of ether oxygens (including phenoxy) is 2. The van der Waals surface area contributed by atoms with Crippen LogP contribution in [0.4, 0.5) is 0 Å². The molecule has 1 heterocycles. The molecule has 9 heavy (non-hydrogen) atoms. The van der Waals surface area contributed by atoms with Gasteiger partial charge in [0.2, 0.25) is 6.79 Å². The van der Waals surface area contributed by atoms with E-state index in [-0.39, 0.29) is 0 Å². The van der Waals surface area contributed by atoms with Crippen molar-refractivity contribution in [1.29, 1.82) is 0 Å². The fourth-order valence-electron chi connectivity index (χ4n) is 0.793. The molecule has 0 aliphatic carbocycles. The summed E-state index contributed by atoms with van der Waals surface area (Å²) in [6.45, 7) is 5.81. The van der Waals surface area contributed by atoms with Crippen molar-refractivity contribution in [2.45, 2.75) is 18.9 Å². The molecule has 1 fully saturated rings. The van der Waals surface area contributed by atoms with Gasteiger partial charge in [-0.05, 0) is 12.8 Å².